The first kappa shape index (κ1) is 18.7. The Bertz CT molecular complexity index is 842. The molecule has 0 unspecified atom stereocenters. The first-order valence-electron chi connectivity index (χ1n) is 9.14. The summed E-state index contributed by atoms with van der Waals surface area (Å²) in [6.45, 7) is 13.1. The fraction of sp³-hybridized carbons (Fsp3) is 0.364. The highest BCUT2D eigenvalue weighted by Gasteiger charge is 2.33. The molecule has 1 aromatic carbocycles. The summed E-state index contributed by atoms with van der Waals surface area (Å²) in [4.78, 5) is 4.74. The average Bonchev–Trinajstić information content (AvgIpc) is 3.20. The van der Waals surface area contributed by atoms with E-state index in [4.69, 9.17) is 4.99 Å². The van der Waals surface area contributed by atoms with E-state index in [-0.39, 0.29) is 0 Å². The molecule has 0 radical (unpaired) electrons. The van der Waals surface area contributed by atoms with Crippen molar-refractivity contribution < 1.29 is 0 Å². The number of fused-ring (bicyclic) bond motifs is 1. The first-order chi connectivity index (χ1) is 12.5. The average molecular weight is 366 g/mol. The van der Waals surface area contributed by atoms with Crippen LogP contribution in [0.5, 0.6) is 0 Å². The van der Waals surface area contributed by atoms with Crippen molar-refractivity contribution in [3.05, 3.63) is 66.0 Å². The van der Waals surface area contributed by atoms with Gasteiger partial charge in [-0.1, -0.05) is 39.1 Å². The van der Waals surface area contributed by atoms with E-state index in [1.54, 1.807) is 18.0 Å². The van der Waals surface area contributed by atoms with Crippen molar-refractivity contribution in [2.75, 3.05) is 6.26 Å². The van der Waals surface area contributed by atoms with Gasteiger partial charge in [-0.3, -0.25) is 5.10 Å². The Labute approximate surface area is 160 Å². The minimum absolute atomic E-state index is 0.373. The van der Waals surface area contributed by atoms with Crippen LogP contribution in [-0.4, -0.2) is 21.5 Å². The molecule has 136 valence electrons. The van der Waals surface area contributed by atoms with Crippen LogP contribution in [0.3, 0.4) is 0 Å². The zero-order valence-corrected chi connectivity index (χ0v) is 16.7. The summed E-state index contributed by atoms with van der Waals surface area (Å²) >= 11 is 1.64. The van der Waals surface area contributed by atoms with E-state index in [9.17, 15) is 0 Å². The lowest BCUT2D eigenvalue weighted by molar-refractivity contribution is 0.261. The number of rotatable bonds is 5. The van der Waals surface area contributed by atoms with Crippen molar-refractivity contribution in [1.82, 2.24) is 10.2 Å². The number of nitrogens with zero attached hydrogens (tertiary/aromatic N) is 2. The Kier molecular flexibility index (Phi) is 5.52. The van der Waals surface area contributed by atoms with E-state index in [0.29, 0.717) is 5.41 Å². The summed E-state index contributed by atoms with van der Waals surface area (Å²) in [7, 11) is 0. The van der Waals surface area contributed by atoms with Crippen molar-refractivity contribution in [2.45, 2.75) is 39.5 Å². The molecule has 0 saturated carbocycles. The first-order valence-corrected chi connectivity index (χ1v) is 10.4. The molecule has 0 bridgehead atoms. The van der Waals surface area contributed by atoms with Crippen LogP contribution in [0.1, 0.15) is 55.4 Å². The Balaban J connectivity index is 1.94. The smallest absolute Gasteiger partial charge is 0.104 e. The van der Waals surface area contributed by atoms with Gasteiger partial charge in [-0.2, -0.15) is 5.10 Å². The Morgan fingerprint density at radius 3 is 2.65 bits per heavy atom. The maximum atomic E-state index is 4.74. The van der Waals surface area contributed by atoms with Gasteiger partial charge in [-0.05, 0) is 60.1 Å². The van der Waals surface area contributed by atoms with Crippen molar-refractivity contribution in [2.24, 2.45) is 10.4 Å². The molecule has 1 N–H and O–H groups in total. The second-order valence-corrected chi connectivity index (χ2v) is 7.89. The van der Waals surface area contributed by atoms with Gasteiger partial charge in [0.05, 0.1) is 11.9 Å². The van der Waals surface area contributed by atoms with E-state index in [1.807, 2.05) is 6.20 Å². The summed E-state index contributed by atoms with van der Waals surface area (Å²) < 4.78 is 0. The second-order valence-electron chi connectivity index (χ2n) is 7.09. The molecular formula is C22H27N3S. The lowest BCUT2D eigenvalue weighted by atomic mass is 9.67. The van der Waals surface area contributed by atoms with Crippen molar-refractivity contribution in [1.29, 1.82) is 0 Å². The summed E-state index contributed by atoms with van der Waals surface area (Å²) in [5, 5.41) is 7.75. The van der Waals surface area contributed by atoms with Crippen LogP contribution < -0.4 is 0 Å². The molecule has 0 aliphatic heterocycles. The number of allylic oxidation sites excluding steroid dienone is 1. The highest BCUT2D eigenvalue weighted by molar-refractivity contribution is 8.13. The van der Waals surface area contributed by atoms with E-state index in [2.05, 4.69) is 61.7 Å². The predicted octanol–water partition coefficient (Wildman–Crippen LogP) is 5.96. The predicted molar refractivity (Wildman–Crippen MR) is 114 cm³/mol. The molecule has 0 atom stereocenters. The van der Waals surface area contributed by atoms with Gasteiger partial charge in [-0.15, -0.1) is 11.8 Å². The van der Waals surface area contributed by atoms with Crippen molar-refractivity contribution in [3.63, 3.8) is 0 Å². The third-order valence-corrected chi connectivity index (χ3v) is 6.37. The maximum Gasteiger partial charge on any atom is 0.104 e. The van der Waals surface area contributed by atoms with Gasteiger partial charge in [0.15, 0.2) is 0 Å². The number of hydrogen-bond donors (Lipinski definition) is 1. The minimum Gasteiger partial charge on any atom is -0.285 e. The van der Waals surface area contributed by atoms with Crippen LogP contribution in [0.2, 0.25) is 0 Å². The number of thioether (sulfide) groups is 1. The fourth-order valence-corrected chi connectivity index (χ4v) is 4.35. The van der Waals surface area contributed by atoms with E-state index in [1.165, 1.54) is 29.5 Å². The number of benzene rings is 1. The number of H-pyrrole nitrogens is 1. The molecule has 0 spiro atoms. The van der Waals surface area contributed by atoms with E-state index < -0.39 is 0 Å². The largest absolute Gasteiger partial charge is 0.285 e. The second kappa shape index (κ2) is 7.67. The molecule has 4 heteroatoms. The lowest BCUT2D eigenvalue weighted by Crippen LogP contribution is -2.27. The molecule has 0 saturated heterocycles. The van der Waals surface area contributed by atoms with Gasteiger partial charge in [0.25, 0.3) is 0 Å². The molecule has 1 aliphatic carbocycles. The van der Waals surface area contributed by atoms with Crippen LogP contribution in [-0.2, 0) is 6.42 Å². The summed E-state index contributed by atoms with van der Waals surface area (Å²) in [5.74, 6) is 0. The van der Waals surface area contributed by atoms with Gasteiger partial charge < -0.3 is 0 Å². The molecule has 2 aromatic rings. The van der Waals surface area contributed by atoms with Gasteiger partial charge in [-0.25, -0.2) is 4.99 Å². The standard InChI is InChI=1S/C22H27N3S/c1-6-22(7-2)11-15(3)20-10-17(8-9-18(20)12-22)21(26-5)25-16(4)19-13-23-24-14-19/h8-10,13-14H,3-4,6-7,11-12H2,1-2,5H3,(H,23,24). The van der Waals surface area contributed by atoms with Crippen LogP contribution in [0.4, 0.5) is 0 Å². The number of aromatic nitrogens is 2. The highest BCUT2D eigenvalue weighted by atomic mass is 32.2. The van der Waals surface area contributed by atoms with Crippen LogP contribution in [0, 0.1) is 5.41 Å². The minimum atomic E-state index is 0.373. The number of aromatic amines is 1. The lowest BCUT2D eigenvalue weighted by Gasteiger charge is -2.38. The SMILES string of the molecule is C=C(N=C(SC)c1ccc2c(c1)C(=C)CC(CC)(CC)C2)c1cn[nH]c1. The topological polar surface area (TPSA) is 41.0 Å². The zero-order chi connectivity index (χ0) is 18.7. The van der Waals surface area contributed by atoms with Gasteiger partial charge in [0.2, 0.25) is 0 Å². The van der Waals surface area contributed by atoms with Crippen LogP contribution >= 0.6 is 11.8 Å². The molecular weight excluding hydrogens is 338 g/mol. The third kappa shape index (κ3) is 3.56. The molecule has 3 nitrogen and oxygen atoms in total. The van der Waals surface area contributed by atoms with E-state index >= 15 is 0 Å². The van der Waals surface area contributed by atoms with Gasteiger partial charge in [0.1, 0.15) is 5.04 Å². The van der Waals surface area contributed by atoms with Gasteiger partial charge in [0, 0.05) is 17.3 Å². The number of nitrogens with one attached hydrogen (secondary N) is 1. The summed E-state index contributed by atoms with van der Waals surface area (Å²) in [6, 6.07) is 6.71. The summed E-state index contributed by atoms with van der Waals surface area (Å²) in [5.41, 5.74) is 7.11. The molecule has 0 amide bonds. The Morgan fingerprint density at radius 1 is 1.27 bits per heavy atom. The van der Waals surface area contributed by atoms with Crippen molar-refractivity contribution >= 4 is 28.1 Å². The quantitative estimate of drug-likeness (QED) is 0.525. The Hall–Kier alpha value is -2.07. The molecule has 3 rings (SSSR count). The molecule has 26 heavy (non-hydrogen) atoms. The molecule has 1 aliphatic rings. The van der Waals surface area contributed by atoms with Crippen LogP contribution in [0.25, 0.3) is 11.3 Å². The number of hydrogen-bond acceptors (Lipinski definition) is 3. The monoisotopic (exact) mass is 365 g/mol. The van der Waals surface area contributed by atoms with Crippen molar-refractivity contribution in [3.8, 4) is 0 Å². The normalized spacial score (nSPS) is 16.4. The molecule has 1 heterocycles. The molecule has 1 aromatic heterocycles. The number of aliphatic imine (C=N–C) groups is 1. The highest BCUT2D eigenvalue weighted by Crippen LogP contribution is 2.45. The maximum absolute atomic E-state index is 4.74. The van der Waals surface area contributed by atoms with Crippen LogP contribution in [0.15, 0.2) is 48.7 Å². The Morgan fingerprint density at radius 2 is 2.04 bits per heavy atom. The van der Waals surface area contributed by atoms with Gasteiger partial charge >= 0.3 is 0 Å². The van der Waals surface area contributed by atoms with E-state index in [0.717, 1.165) is 34.7 Å². The summed E-state index contributed by atoms with van der Waals surface area (Å²) in [6.07, 6.45) is 10.2. The molecule has 0 fully saturated rings. The zero-order valence-electron chi connectivity index (χ0n) is 15.9. The fourth-order valence-electron chi connectivity index (χ4n) is 3.78. The third-order valence-electron chi connectivity index (χ3n) is 5.65.